The molecule has 3 aliphatic carbocycles. The number of Topliss-reactive ketones (excluding diaryl/α,β-unsaturated/α-hetero) is 4. The van der Waals surface area contributed by atoms with Gasteiger partial charge in [0, 0.05) is 18.5 Å². The first kappa shape index (κ1) is 28.8. The second-order valence-electron chi connectivity index (χ2n) is 11.1. The van der Waals surface area contributed by atoms with E-state index in [9.17, 15) is 47.4 Å². The van der Waals surface area contributed by atoms with Gasteiger partial charge in [0.25, 0.3) is 0 Å². The van der Waals surface area contributed by atoms with Crippen molar-refractivity contribution in [3.8, 4) is 5.75 Å². The number of likely N-dealkylation sites (N-methyl/N-ethyl adjacent to an activating group) is 1. The molecule has 3 aliphatic rings. The summed E-state index contributed by atoms with van der Waals surface area (Å²) >= 11 is 0. The van der Waals surface area contributed by atoms with E-state index in [0.717, 1.165) is 6.07 Å². The fourth-order valence-corrected chi connectivity index (χ4v) is 6.55. The molecule has 2 unspecified atom stereocenters. The topological polar surface area (TPSA) is 167 Å². The molecular formula is C26H30F3N3O7. The van der Waals surface area contributed by atoms with Gasteiger partial charge < -0.3 is 21.3 Å². The van der Waals surface area contributed by atoms with Crippen molar-refractivity contribution < 1.29 is 47.4 Å². The average molecular weight is 554 g/mol. The molecule has 0 aromatic heterocycles. The normalized spacial score (nSPS) is 30.9. The van der Waals surface area contributed by atoms with Crippen LogP contribution in [0.1, 0.15) is 47.3 Å². The van der Waals surface area contributed by atoms with Gasteiger partial charge in [0.05, 0.1) is 23.1 Å². The number of phenolic OH excluding ortho intramolecular Hbond substituents is 1. The van der Waals surface area contributed by atoms with Gasteiger partial charge in [-0.05, 0) is 50.0 Å². The fourth-order valence-electron chi connectivity index (χ4n) is 6.55. The van der Waals surface area contributed by atoms with Crippen molar-refractivity contribution in [2.24, 2.45) is 29.4 Å². The fraction of sp³-hybridized carbons (Fsp3) is 0.577. The number of hydrogen-bond acceptors (Lipinski definition) is 9. The molecular weight excluding hydrogens is 523 g/mol. The third-order valence-corrected chi connectivity index (χ3v) is 8.13. The van der Waals surface area contributed by atoms with Crippen molar-refractivity contribution in [2.45, 2.75) is 57.1 Å². The number of carbonyl (C=O) groups excluding carboxylic acids is 5. The molecule has 39 heavy (non-hydrogen) atoms. The van der Waals surface area contributed by atoms with Crippen molar-refractivity contribution in [1.29, 1.82) is 0 Å². The summed E-state index contributed by atoms with van der Waals surface area (Å²) in [5.41, 5.74) is -0.232. The number of aromatic hydroxyl groups is 1. The van der Waals surface area contributed by atoms with E-state index in [1.54, 1.807) is 13.8 Å². The molecule has 1 amide bonds. The molecule has 5 N–H and O–H groups in total. The molecule has 1 aromatic rings. The van der Waals surface area contributed by atoms with E-state index < -0.39 is 99.4 Å². The Hall–Kier alpha value is -3.16. The van der Waals surface area contributed by atoms with Gasteiger partial charge in [0.2, 0.25) is 5.91 Å². The number of nitrogens with two attached hydrogens (primary N) is 1. The molecule has 1 aromatic carbocycles. The largest absolute Gasteiger partial charge is 0.507 e. The first-order valence-corrected chi connectivity index (χ1v) is 12.5. The zero-order valence-corrected chi connectivity index (χ0v) is 21.8. The number of amides is 1. The van der Waals surface area contributed by atoms with Gasteiger partial charge in [0.1, 0.15) is 5.75 Å². The molecule has 2 fully saturated rings. The third-order valence-electron chi connectivity index (χ3n) is 8.13. The Kier molecular flexibility index (Phi) is 7.02. The number of aliphatic hydroxyl groups is 1. The lowest BCUT2D eigenvalue weighted by Crippen LogP contribution is -2.74. The molecule has 10 nitrogen and oxygen atoms in total. The number of primary amides is 1. The van der Waals surface area contributed by atoms with Crippen LogP contribution in [-0.2, 0) is 38.3 Å². The highest BCUT2D eigenvalue weighted by Crippen LogP contribution is 2.52. The van der Waals surface area contributed by atoms with Crippen molar-refractivity contribution in [2.75, 3.05) is 14.1 Å². The Labute approximate surface area is 221 Å². The first-order valence-electron chi connectivity index (χ1n) is 12.5. The van der Waals surface area contributed by atoms with Crippen molar-refractivity contribution >= 4 is 29.0 Å². The van der Waals surface area contributed by atoms with E-state index in [-0.39, 0.29) is 24.6 Å². The van der Waals surface area contributed by atoms with E-state index >= 15 is 0 Å². The number of hydrogen-bond donors (Lipinski definition) is 4. The molecule has 0 heterocycles. The molecule has 0 radical (unpaired) electrons. The van der Waals surface area contributed by atoms with Gasteiger partial charge in [-0.3, -0.25) is 28.9 Å². The van der Waals surface area contributed by atoms with Gasteiger partial charge in [0.15, 0.2) is 34.7 Å². The number of carbonyl (C=O) groups is 5. The number of alkyl halides is 3. The monoisotopic (exact) mass is 553 g/mol. The highest BCUT2D eigenvalue weighted by Gasteiger charge is 2.69. The summed E-state index contributed by atoms with van der Waals surface area (Å²) in [6.07, 6.45) is -5.71. The summed E-state index contributed by atoms with van der Waals surface area (Å²) in [6.45, 7) is 3.20. The van der Waals surface area contributed by atoms with Crippen LogP contribution < -0.4 is 11.1 Å². The van der Waals surface area contributed by atoms with E-state index in [2.05, 4.69) is 5.32 Å². The van der Waals surface area contributed by atoms with Gasteiger partial charge in [-0.1, -0.05) is 13.8 Å². The average Bonchev–Trinajstić information content (AvgIpc) is 2.78. The molecule has 0 bridgehead atoms. The Morgan fingerprint density at radius 2 is 1.82 bits per heavy atom. The lowest BCUT2D eigenvalue weighted by atomic mass is 9.52. The van der Waals surface area contributed by atoms with E-state index in [1.807, 2.05) is 0 Å². The molecule has 2 saturated carbocycles. The zero-order chi connectivity index (χ0) is 29.4. The van der Waals surface area contributed by atoms with Crippen molar-refractivity contribution in [3.63, 3.8) is 0 Å². The maximum Gasteiger partial charge on any atom is 0.417 e. The minimum absolute atomic E-state index is 0.183. The summed E-state index contributed by atoms with van der Waals surface area (Å²) in [7, 11) is 2.84. The lowest BCUT2D eigenvalue weighted by Gasteiger charge is -2.52. The van der Waals surface area contributed by atoms with Crippen LogP contribution in [0.4, 0.5) is 13.2 Å². The van der Waals surface area contributed by atoms with E-state index in [0.29, 0.717) is 0 Å². The molecule has 0 aliphatic heterocycles. The Morgan fingerprint density at radius 3 is 2.33 bits per heavy atom. The zero-order valence-electron chi connectivity index (χ0n) is 21.8. The van der Waals surface area contributed by atoms with Gasteiger partial charge >= 0.3 is 6.18 Å². The van der Waals surface area contributed by atoms with Crippen LogP contribution in [0.2, 0.25) is 0 Å². The number of rotatable bonds is 5. The van der Waals surface area contributed by atoms with Crippen LogP contribution in [0.15, 0.2) is 6.07 Å². The van der Waals surface area contributed by atoms with Crippen LogP contribution in [0, 0.1) is 23.7 Å². The summed E-state index contributed by atoms with van der Waals surface area (Å²) in [6, 6.07) is -0.698. The molecule has 0 saturated heterocycles. The number of ketones is 4. The summed E-state index contributed by atoms with van der Waals surface area (Å²) < 4.78 is 43.1. The van der Waals surface area contributed by atoms with Crippen LogP contribution in [0.25, 0.3) is 0 Å². The number of nitrogens with zero attached hydrogens (tertiary/aromatic N) is 1. The van der Waals surface area contributed by atoms with Gasteiger partial charge in [-0.15, -0.1) is 0 Å². The Morgan fingerprint density at radius 1 is 1.21 bits per heavy atom. The summed E-state index contributed by atoms with van der Waals surface area (Å²) in [5, 5.41) is 25.1. The molecule has 13 heteroatoms. The second kappa shape index (κ2) is 9.49. The molecule has 4 rings (SSSR count). The Balaban J connectivity index is 1.90. The van der Waals surface area contributed by atoms with Crippen LogP contribution >= 0.6 is 0 Å². The van der Waals surface area contributed by atoms with Crippen molar-refractivity contribution in [3.05, 3.63) is 28.3 Å². The first-order chi connectivity index (χ1) is 17.9. The highest BCUT2D eigenvalue weighted by atomic mass is 19.4. The number of halogens is 3. The molecule has 0 spiro atoms. The van der Waals surface area contributed by atoms with Crippen LogP contribution in [0.3, 0.4) is 0 Å². The molecule has 6 atom stereocenters. The number of phenols is 1. The second-order valence-corrected chi connectivity index (χ2v) is 11.1. The predicted octanol–water partition coefficient (Wildman–Crippen LogP) is 0.384. The Bertz CT molecular complexity index is 1290. The number of nitrogens with one attached hydrogen (secondary N) is 1. The minimum Gasteiger partial charge on any atom is -0.507 e. The summed E-state index contributed by atoms with van der Waals surface area (Å²) in [4.78, 5) is 67.0. The van der Waals surface area contributed by atoms with Crippen LogP contribution in [-0.4, -0.2) is 75.9 Å². The lowest BCUT2D eigenvalue weighted by molar-refractivity contribution is -0.181. The maximum absolute atomic E-state index is 14.4. The predicted molar refractivity (Wildman–Crippen MR) is 128 cm³/mol. The SMILES string of the molecule is CC(C)NCc1cc(O)c2c(c1C(F)(F)F)C[C@H]1C[C@H]3[C@H](N(C)C)C(=O)C(C(N)=O)C(=O)[C@@]3(O)C(=O)C1C2=O. The van der Waals surface area contributed by atoms with Gasteiger partial charge in [-0.25, -0.2) is 0 Å². The smallest absolute Gasteiger partial charge is 0.417 e. The van der Waals surface area contributed by atoms with E-state index in [4.69, 9.17) is 5.73 Å². The number of benzene rings is 1. The third kappa shape index (κ3) is 4.27. The summed E-state index contributed by atoms with van der Waals surface area (Å²) in [5.74, 6) is -13.4. The quantitative estimate of drug-likeness (QED) is 0.377. The molecule has 212 valence electrons. The van der Waals surface area contributed by atoms with E-state index in [1.165, 1.54) is 19.0 Å². The van der Waals surface area contributed by atoms with Gasteiger partial charge in [-0.2, -0.15) is 13.2 Å². The van der Waals surface area contributed by atoms with Crippen LogP contribution in [0.5, 0.6) is 5.75 Å². The highest BCUT2D eigenvalue weighted by molar-refractivity contribution is 6.32. The maximum atomic E-state index is 14.4. The standard InChI is InChI=1S/C26H30F3N3O7/c1-9(2)31-8-11-7-14(33)16-12(18(11)26(27,28)29)5-10-6-13-19(32(3)4)21(35)17(24(30)38)23(37)25(13,39)22(36)15(10)20(16)34/h7,9-10,13,15,17,19,31,33,39H,5-6,8H2,1-4H3,(H2,30,38)/t10-,13-,15?,17?,19-,25-/m0/s1. The minimum atomic E-state index is -4.91. The number of fused-ring (bicyclic) bond motifs is 3. The van der Waals surface area contributed by atoms with Crippen molar-refractivity contribution in [1.82, 2.24) is 10.2 Å².